The summed E-state index contributed by atoms with van der Waals surface area (Å²) in [5, 5.41) is 16.3. The van der Waals surface area contributed by atoms with Crippen LogP contribution in [0.1, 0.15) is 32.4 Å². The number of imide groups is 1. The summed E-state index contributed by atoms with van der Waals surface area (Å²) >= 11 is 3.59. The number of fused-ring (bicyclic) bond motifs is 1. The summed E-state index contributed by atoms with van der Waals surface area (Å²) in [6.45, 7) is 7.03. The second kappa shape index (κ2) is 8.41. The van der Waals surface area contributed by atoms with Gasteiger partial charge in [0.1, 0.15) is 12.3 Å². The largest absolute Gasteiger partial charge is 0.376 e. The number of aliphatic hydroxyl groups is 1. The molecule has 3 N–H and O–H groups in total. The predicted molar refractivity (Wildman–Crippen MR) is 125 cm³/mol. The smallest absolute Gasteiger partial charge is 0.337 e. The first-order chi connectivity index (χ1) is 14.6. The summed E-state index contributed by atoms with van der Waals surface area (Å²) in [6, 6.07) is 6.62. The Morgan fingerprint density at radius 3 is 2.55 bits per heavy atom. The van der Waals surface area contributed by atoms with E-state index in [1.54, 1.807) is 36.0 Å². The van der Waals surface area contributed by atoms with Gasteiger partial charge in [-0.15, -0.1) is 11.8 Å². The van der Waals surface area contributed by atoms with Gasteiger partial charge in [0.25, 0.3) is 0 Å². The zero-order valence-corrected chi connectivity index (χ0v) is 20.5. The quantitative estimate of drug-likeness (QED) is 0.385. The normalized spacial score (nSPS) is 30.5. The first kappa shape index (κ1) is 22.6. The zero-order valence-electron chi connectivity index (χ0n) is 17.5. The summed E-state index contributed by atoms with van der Waals surface area (Å²) in [5.41, 5.74) is 0.602. The second-order valence-electron chi connectivity index (χ2n) is 8.50. The maximum absolute atomic E-state index is 13.2. The number of hydrogen-bond donors (Lipinski definition) is 3. The Bertz CT molecular complexity index is 888. The highest BCUT2D eigenvalue weighted by atomic mass is 127. The number of urea groups is 2. The number of nitrogens with zero attached hydrogens (tertiary/aromatic N) is 3. The Hall–Kier alpha value is -1.57. The molecule has 0 saturated carbocycles. The molecule has 5 amide bonds. The van der Waals surface area contributed by atoms with Crippen LogP contribution < -0.4 is 10.6 Å². The first-order valence-electron chi connectivity index (χ1n) is 10.2. The maximum atomic E-state index is 13.2. The highest BCUT2D eigenvalue weighted by molar-refractivity contribution is 14.1. The Morgan fingerprint density at radius 2 is 1.94 bits per heavy atom. The summed E-state index contributed by atoms with van der Waals surface area (Å²) in [7, 11) is 0. The van der Waals surface area contributed by atoms with Crippen molar-refractivity contribution in [1.29, 1.82) is 0 Å². The molecule has 5 unspecified atom stereocenters. The molecule has 4 rings (SSSR count). The Kier molecular flexibility index (Phi) is 6.14. The highest BCUT2D eigenvalue weighted by Gasteiger charge is 2.60. The van der Waals surface area contributed by atoms with Gasteiger partial charge in [-0.2, -0.15) is 0 Å². The van der Waals surface area contributed by atoms with Crippen molar-refractivity contribution in [3.63, 3.8) is 0 Å². The van der Waals surface area contributed by atoms with Crippen LogP contribution in [0.3, 0.4) is 0 Å². The van der Waals surface area contributed by atoms with Gasteiger partial charge in [-0.3, -0.25) is 12.8 Å². The van der Waals surface area contributed by atoms with E-state index in [1.807, 2.05) is 33.8 Å². The van der Waals surface area contributed by atoms with Gasteiger partial charge in [-0.05, 0) is 26.3 Å². The minimum absolute atomic E-state index is 0.0242. The standard InChI is InChI=1S/C20H26IN5O4S/c1-11-20(2,3)31-17-14(16(28)26(11)17)22-15(27)13(12-7-5-4-6-8-12)23-18(29)24-9-10-25(21)19(24)30/h4-8,11,13-14,16-17,28H,9-10H2,1-3H3,(H,22,27)(H,23,29). The van der Waals surface area contributed by atoms with E-state index in [2.05, 4.69) is 31.4 Å². The van der Waals surface area contributed by atoms with Crippen LogP contribution in [0, 0.1) is 0 Å². The van der Waals surface area contributed by atoms with Crippen molar-refractivity contribution in [1.82, 2.24) is 23.5 Å². The molecule has 11 heteroatoms. The molecule has 168 valence electrons. The van der Waals surface area contributed by atoms with E-state index < -0.39 is 36.3 Å². The number of benzene rings is 1. The van der Waals surface area contributed by atoms with E-state index in [1.165, 1.54) is 3.11 Å². The monoisotopic (exact) mass is 559 g/mol. The number of nitrogens with one attached hydrogen (secondary N) is 2. The van der Waals surface area contributed by atoms with Crippen LogP contribution in [-0.2, 0) is 4.79 Å². The van der Waals surface area contributed by atoms with Crippen LogP contribution in [0.25, 0.3) is 0 Å². The predicted octanol–water partition coefficient (Wildman–Crippen LogP) is 1.88. The van der Waals surface area contributed by atoms with E-state index >= 15 is 0 Å². The van der Waals surface area contributed by atoms with Gasteiger partial charge in [0, 0.05) is 10.8 Å². The molecule has 0 aliphatic carbocycles. The van der Waals surface area contributed by atoms with Crippen LogP contribution in [0.5, 0.6) is 0 Å². The molecule has 3 saturated heterocycles. The number of carbonyl (C=O) groups is 3. The third-order valence-corrected chi connectivity index (χ3v) is 8.90. The summed E-state index contributed by atoms with van der Waals surface area (Å²) in [5.74, 6) is -0.417. The number of thioether (sulfide) groups is 1. The molecule has 3 fully saturated rings. The van der Waals surface area contributed by atoms with Crippen molar-refractivity contribution in [2.75, 3.05) is 13.1 Å². The average molecular weight is 559 g/mol. The van der Waals surface area contributed by atoms with Crippen molar-refractivity contribution < 1.29 is 19.5 Å². The van der Waals surface area contributed by atoms with E-state index in [-0.39, 0.29) is 22.7 Å². The molecule has 3 aliphatic heterocycles. The minimum Gasteiger partial charge on any atom is -0.376 e. The molecule has 0 aromatic heterocycles. The van der Waals surface area contributed by atoms with Crippen molar-refractivity contribution >= 4 is 52.6 Å². The molecule has 1 aromatic carbocycles. The van der Waals surface area contributed by atoms with E-state index in [9.17, 15) is 19.5 Å². The van der Waals surface area contributed by atoms with Crippen LogP contribution >= 0.6 is 34.6 Å². The molecular weight excluding hydrogens is 533 g/mol. The van der Waals surface area contributed by atoms with Crippen molar-refractivity contribution in [2.45, 2.75) is 55.2 Å². The van der Waals surface area contributed by atoms with Crippen molar-refractivity contribution in [2.24, 2.45) is 0 Å². The molecule has 0 radical (unpaired) electrons. The SMILES string of the molecule is CC1N2C(O)C(NC(=O)C(NC(=O)N3CCN(I)C3=O)c3ccccc3)C2SC1(C)C. The Labute approximate surface area is 199 Å². The second-order valence-corrected chi connectivity index (χ2v) is 11.4. The lowest BCUT2D eigenvalue weighted by Gasteiger charge is -2.50. The molecule has 0 spiro atoms. The number of amides is 5. The summed E-state index contributed by atoms with van der Waals surface area (Å²) in [6.07, 6.45) is -0.780. The Balaban J connectivity index is 1.49. The molecule has 0 bridgehead atoms. The lowest BCUT2D eigenvalue weighted by Crippen LogP contribution is -2.72. The zero-order chi connectivity index (χ0) is 22.5. The van der Waals surface area contributed by atoms with Crippen LogP contribution in [0.15, 0.2) is 30.3 Å². The molecule has 9 nitrogen and oxygen atoms in total. The van der Waals surface area contributed by atoms with Gasteiger partial charge in [-0.1, -0.05) is 30.3 Å². The summed E-state index contributed by atoms with van der Waals surface area (Å²) < 4.78 is 1.38. The van der Waals surface area contributed by atoms with Gasteiger partial charge in [0.15, 0.2) is 0 Å². The maximum Gasteiger partial charge on any atom is 0.337 e. The van der Waals surface area contributed by atoms with Gasteiger partial charge >= 0.3 is 12.1 Å². The highest BCUT2D eigenvalue weighted by Crippen LogP contribution is 2.52. The van der Waals surface area contributed by atoms with Gasteiger partial charge in [0.2, 0.25) is 5.91 Å². The third kappa shape index (κ3) is 4.00. The molecule has 3 heterocycles. The van der Waals surface area contributed by atoms with Gasteiger partial charge in [0.05, 0.1) is 47.4 Å². The molecule has 31 heavy (non-hydrogen) atoms. The van der Waals surface area contributed by atoms with E-state index in [0.29, 0.717) is 12.1 Å². The summed E-state index contributed by atoms with van der Waals surface area (Å²) in [4.78, 5) is 41.3. The number of rotatable bonds is 4. The van der Waals surface area contributed by atoms with Gasteiger partial charge in [-0.25, -0.2) is 14.5 Å². The first-order valence-corrected chi connectivity index (χ1v) is 12.0. The van der Waals surface area contributed by atoms with Crippen molar-refractivity contribution in [3.05, 3.63) is 35.9 Å². The van der Waals surface area contributed by atoms with Crippen LogP contribution in [-0.4, -0.2) is 77.5 Å². The van der Waals surface area contributed by atoms with Gasteiger partial charge < -0.3 is 15.7 Å². The molecule has 5 atom stereocenters. The molecular formula is C20H26IN5O4S. The number of hydrogen-bond acceptors (Lipinski definition) is 6. The average Bonchev–Trinajstić information content (AvgIpc) is 3.18. The lowest BCUT2D eigenvalue weighted by molar-refractivity contribution is -0.148. The van der Waals surface area contributed by atoms with Crippen molar-refractivity contribution in [3.8, 4) is 0 Å². The fourth-order valence-corrected chi connectivity index (χ4v) is 6.36. The Morgan fingerprint density at radius 1 is 1.26 bits per heavy atom. The molecule has 1 aromatic rings. The lowest BCUT2D eigenvalue weighted by atomic mass is 9.96. The van der Waals surface area contributed by atoms with Crippen LogP contribution in [0.2, 0.25) is 0 Å². The number of halogens is 1. The number of aliphatic hydroxyl groups excluding tert-OH is 1. The fraction of sp³-hybridized carbons (Fsp3) is 0.550. The number of carbonyl (C=O) groups excluding carboxylic acids is 3. The minimum atomic E-state index is -0.983. The fourth-order valence-electron chi connectivity index (χ4n) is 4.16. The molecule has 3 aliphatic rings. The topological polar surface area (TPSA) is 105 Å². The van der Waals surface area contributed by atoms with E-state index in [4.69, 9.17) is 0 Å². The van der Waals surface area contributed by atoms with Crippen LogP contribution in [0.4, 0.5) is 9.59 Å². The third-order valence-electron chi connectivity index (χ3n) is 6.28. The van der Waals surface area contributed by atoms with E-state index in [0.717, 1.165) is 4.90 Å².